The average Bonchev–Trinajstić information content (AvgIpc) is 2.37. The molecular weight excluding hydrogens is 229 g/mol. The lowest BCUT2D eigenvalue weighted by molar-refractivity contribution is 0.112. The first-order valence-corrected chi connectivity index (χ1v) is 6.76. The van der Waals surface area contributed by atoms with Crippen LogP contribution in [0.1, 0.15) is 43.9 Å². The smallest absolute Gasteiger partial charge is 0.126 e. The van der Waals surface area contributed by atoms with Gasteiger partial charge in [0.15, 0.2) is 0 Å². The fourth-order valence-corrected chi connectivity index (χ4v) is 1.76. The summed E-state index contributed by atoms with van der Waals surface area (Å²) in [7, 11) is 0. The molecule has 0 aliphatic heterocycles. The Hall–Kier alpha value is -0.930. The molecule has 1 rings (SSSR count). The minimum atomic E-state index is -0.147. The van der Waals surface area contributed by atoms with Crippen molar-refractivity contribution < 1.29 is 9.13 Å². The van der Waals surface area contributed by atoms with Crippen LogP contribution >= 0.6 is 0 Å². The van der Waals surface area contributed by atoms with E-state index in [-0.39, 0.29) is 11.9 Å². The van der Waals surface area contributed by atoms with Gasteiger partial charge in [0.05, 0.1) is 12.6 Å². The average molecular weight is 253 g/mol. The van der Waals surface area contributed by atoms with Crippen molar-refractivity contribution in [3.63, 3.8) is 0 Å². The summed E-state index contributed by atoms with van der Waals surface area (Å²) in [6.45, 7) is 8.23. The van der Waals surface area contributed by atoms with Crippen LogP contribution in [0.25, 0.3) is 0 Å². The molecule has 0 saturated heterocycles. The van der Waals surface area contributed by atoms with Gasteiger partial charge in [0.25, 0.3) is 0 Å². The molecule has 18 heavy (non-hydrogen) atoms. The van der Waals surface area contributed by atoms with Gasteiger partial charge in [-0.05, 0) is 43.5 Å². The standard InChI is InChI=1S/C15H24FNO/c1-4-8-17-15(11-18-9-5-2)13-7-6-12(3)14(16)10-13/h6-7,10,15,17H,4-5,8-9,11H2,1-3H3. The Kier molecular flexibility index (Phi) is 6.91. The fourth-order valence-electron chi connectivity index (χ4n) is 1.76. The number of halogens is 1. The van der Waals surface area contributed by atoms with Gasteiger partial charge in [-0.3, -0.25) is 0 Å². The van der Waals surface area contributed by atoms with E-state index in [0.717, 1.165) is 31.6 Å². The Morgan fingerprint density at radius 3 is 2.67 bits per heavy atom. The van der Waals surface area contributed by atoms with Crippen LogP contribution in [0.4, 0.5) is 4.39 Å². The van der Waals surface area contributed by atoms with E-state index in [0.29, 0.717) is 12.2 Å². The Morgan fingerprint density at radius 2 is 2.06 bits per heavy atom. The summed E-state index contributed by atoms with van der Waals surface area (Å²) in [5.74, 6) is -0.147. The molecule has 0 amide bonds. The van der Waals surface area contributed by atoms with Crippen LogP contribution in [0.5, 0.6) is 0 Å². The summed E-state index contributed by atoms with van der Waals surface area (Å²) in [5, 5.41) is 3.40. The monoisotopic (exact) mass is 253 g/mol. The van der Waals surface area contributed by atoms with Crippen LogP contribution in [0.15, 0.2) is 18.2 Å². The number of aryl methyl sites for hydroxylation is 1. The highest BCUT2D eigenvalue weighted by Gasteiger charge is 2.12. The van der Waals surface area contributed by atoms with Crippen LogP contribution in [0.2, 0.25) is 0 Å². The van der Waals surface area contributed by atoms with Crippen molar-refractivity contribution in [3.8, 4) is 0 Å². The van der Waals surface area contributed by atoms with Gasteiger partial charge in [-0.25, -0.2) is 4.39 Å². The van der Waals surface area contributed by atoms with Crippen molar-refractivity contribution in [2.75, 3.05) is 19.8 Å². The minimum Gasteiger partial charge on any atom is -0.379 e. The van der Waals surface area contributed by atoms with E-state index in [1.54, 1.807) is 13.0 Å². The minimum absolute atomic E-state index is 0.0756. The van der Waals surface area contributed by atoms with E-state index in [2.05, 4.69) is 19.2 Å². The van der Waals surface area contributed by atoms with Crippen LogP contribution in [0, 0.1) is 12.7 Å². The summed E-state index contributed by atoms with van der Waals surface area (Å²) in [5.41, 5.74) is 1.64. The topological polar surface area (TPSA) is 21.3 Å². The lowest BCUT2D eigenvalue weighted by Crippen LogP contribution is -2.26. The van der Waals surface area contributed by atoms with Crippen molar-refractivity contribution in [3.05, 3.63) is 35.1 Å². The lowest BCUT2D eigenvalue weighted by atomic mass is 10.1. The van der Waals surface area contributed by atoms with Gasteiger partial charge in [0, 0.05) is 6.61 Å². The zero-order valence-electron chi connectivity index (χ0n) is 11.6. The summed E-state index contributed by atoms with van der Waals surface area (Å²) in [6, 6.07) is 5.48. The number of benzene rings is 1. The van der Waals surface area contributed by atoms with E-state index in [1.807, 2.05) is 12.1 Å². The molecule has 1 aromatic carbocycles. The van der Waals surface area contributed by atoms with Gasteiger partial charge in [-0.2, -0.15) is 0 Å². The Morgan fingerprint density at radius 1 is 1.28 bits per heavy atom. The Labute approximate surface area is 110 Å². The van der Waals surface area contributed by atoms with E-state index in [1.165, 1.54) is 0 Å². The van der Waals surface area contributed by atoms with Gasteiger partial charge in [0.2, 0.25) is 0 Å². The summed E-state index contributed by atoms with van der Waals surface area (Å²) in [6.07, 6.45) is 2.06. The van der Waals surface area contributed by atoms with E-state index in [4.69, 9.17) is 4.74 Å². The van der Waals surface area contributed by atoms with Crippen molar-refractivity contribution in [1.82, 2.24) is 5.32 Å². The van der Waals surface area contributed by atoms with Gasteiger partial charge >= 0.3 is 0 Å². The highest BCUT2D eigenvalue weighted by atomic mass is 19.1. The zero-order valence-corrected chi connectivity index (χ0v) is 11.6. The highest BCUT2D eigenvalue weighted by Crippen LogP contribution is 2.17. The Balaban J connectivity index is 2.70. The number of rotatable bonds is 8. The quantitative estimate of drug-likeness (QED) is 0.715. The third kappa shape index (κ3) is 4.75. The van der Waals surface area contributed by atoms with Crippen LogP contribution < -0.4 is 5.32 Å². The third-order valence-electron chi connectivity index (χ3n) is 2.87. The number of ether oxygens (including phenoxy) is 1. The van der Waals surface area contributed by atoms with Crippen molar-refractivity contribution in [2.24, 2.45) is 0 Å². The van der Waals surface area contributed by atoms with E-state index < -0.39 is 0 Å². The molecule has 0 bridgehead atoms. The first-order chi connectivity index (χ1) is 8.69. The SMILES string of the molecule is CCCNC(COCCC)c1ccc(C)c(F)c1. The molecule has 3 heteroatoms. The summed E-state index contributed by atoms with van der Waals surface area (Å²) < 4.78 is 19.2. The van der Waals surface area contributed by atoms with Crippen LogP contribution in [0.3, 0.4) is 0 Å². The Bertz CT molecular complexity index is 354. The van der Waals surface area contributed by atoms with Crippen molar-refractivity contribution >= 4 is 0 Å². The van der Waals surface area contributed by atoms with Crippen LogP contribution in [-0.4, -0.2) is 19.8 Å². The molecule has 2 nitrogen and oxygen atoms in total. The van der Waals surface area contributed by atoms with E-state index >= 15 is 0 Å². The first kappa shape index (κ1) is 15.1. The maximum atomic E-state index is 13.6. The molecule has 0 aliphatic carbocycles. The fraction of sp³-hybridized carbons (Fsp3) is 0.600. The maximum Gasteiger partial charge on any atom is 0.126 e. The second kappa shape index (κ2) is 8.22. The zero-order chi connectivity index (χ0) is 13.4. The number of nitrogens with one attached hydrogen (secondary N) is 1. The molecule has 1 aromatic rings. The van der Waals surface area contributed by atoms with Crippen molar-refractivity contribution in [1.29, 1.82) is 0 Å². The summed E-state index contributed by atoms with van der Waals surface area (Å²) >= 11 is 0. The van der Waals surface area contributed by atoms with Gasteiger partial charge in [-0.15, -0.1) is 0 Å². The molecule has 1 unspecified atom stereocenters. The molecular formula is C15H24FNO. The normalized spacial score (nSPS) is 12.7. The molecule has 0 spiro atoms. The van der Waals surface area contributed by atoms with Gasteiger partial charge < -0.3 is 10.1 Å². The maximum absolute atomic E-state index is 13.6. The predicted molar refractivity (Wildman–Crippen MR) is 73.3 cm³/mol. The second-order valence-corrected chi connectivity index (χ2v) is 4.59. The predicted octanol–water partition coefficient (Wildman–Crippen LogP) is 3.60. The highest BCUT2D eigenvalue weighted by molar-refractivity contribution is 5.25. The number of hydrogen-bond acceptors (Lipinski definition) is 2. The molecule has 0 aliphatic rings. The number of hydrogen-bond donors (Lipinski definition) is 1. The van der Waals surface area contributed by atoms with E-state index in [9.17, 15) is 4.39 Å². The lowest BCUT2D eigenvalue weighted by Gasteiger charge is -2.19. The molecule has 0 radical (unpaired) electrons. The molecule has 0 aromatic heterocycles. The van der Waals surface area contributed by atoms with Crippen LogP contribution in [-0.2, 0) is 4.74 Å². The van der Waals surface area contributed by atoms with Gasteiger partial charge in [-0.1, -0.05) is 26.0 Å². The second-order valence-electron chi connectivity index (χ2n) is 4.59. The largest absolute Gasteiger partial charge is 0.379 e. The molecule has 0 saturated carbocycles. The molecule has 1 atom stereocenters. The first-order valence-electron chi connectivity index (χ1n) is 6.76. The molecule has 0 heterocycles. The molecule has 0 fully saturated rings. The van der Waals surface area contributed by atoms with Crippen molar-refractivity contribution in [2.45, 2.75) is 39.7 Å². The summed E-state index contributed by atoms with van der Waals surface area (Å²) in [4.78, 5) is 0. The van der Waals surface area contributed by atoms with Gasteiger partial charge in [0.1, 0.15) is 5.82 Å². The molecule has 102 valence electrons. The molecule has 1 N–H and O–H groups in total. The third-order valence-corrected chi connectivity index (χ3v) is 2.87.